The minimum Gasteiger partial charge on any atom is -0.484 e. The molecular formula is C23H25N3O4. The highest BCUT2D eigenvalue weighted by Crippen LogP contribution is 2.26. The van der Waals surface area contributed by atoms with E-state index in [9.17, 15) is 14.4 Å². The maximum atomic E-state index is 12.3. The first-order valence-corrected chi connectivity index (χ1v) is 10.3. The molecule has 7 heteroatoms. The molecule has 0 spiro atoms. The third-order valence-electron chi connectivity index (χ3n) is 5.46. The van der Waals surface area contributed by atoms with E-state index in [1.54, 1.807) is 36.4 Å². The zero-order valence-electron chi connectivity index (χ0n) is 16.7. The summed E-state index contributed by atoms with van der Waals surface area (Å²) in [7, 11) is 0. The van der Waals surface area contributed by atoms with Crippen molar-refractivity contribution in [1.29, 1.82) is 0 Å². The normalized spacial score (nSPS) is 15.8. The topological polar surface area (TPSA) is 96.5 Å². The number of ether oxygens (including phenoxy) is 1. The third-order valence-corrected chi connectivity index (χ3v) is 5.46. The first kappa shape index (κ1) is 19.9. The minimum absolute atomic E-state index is 0.0117. The van der Waals surface area contributed by atoms with Crippen LogP contribution in [0, 0.1) is 0 Å². The van der Waals surface area contributed by atoms with E-state index < -0.39 is 0 Å². The van der Waals surface area contributed by atoms with Crippen LogP contribution in [0.2, 0.25) is 0 Å². The Balaban J connectivity index is 1.27. The molecule has 1 aliphatic carbocycles. The summed E-state index contributed by atoms with van der Waals surface area (Å²) in [5.74, 6) is 0.229. The molecule has 2 aromatic carbocycles. The van der Waals surface area contributed by atoms with Gasteiger partial charge in [0.15, 0.2) is 6.61 Å². The number of anilines is 2. The molecular weight excluding hydrogens is 382 g/mol. The molecule has 7 nitrogen and oxygen atoms in total. The summed E-state index contributed by atoms with van der Waals surface area (Å²) in [5, 5.41) is 8.63. The van der Waals surface area contributed by atoms with Crippen molar-refractivity contribution in [3.63, 3.8) is 0 Å². The molecule has 0 radical (unpaired) electrons. The lowest BCUT2D eigenvalue weighted by Crippen LogP contribution is -2.32. The third kappa shape index (κ3) is 4.97. The molecule has 0 unspecified atom stereocenters. The number of nitrogens with one attached hydrogen (secondary N) is 3. The van der Waals surface area contributed by atoms with Crippen molar-refractivity contribution in [3.8, 4) is 5.75 Å². The molecule has 2 aliphatic rings. The molecule has 1 saturated carbocycles. The Morgan fingerprint density at radius 3 is 2.57 bits per heavy atom. The summed E-state index contributed by atoms with van der Waals surface area (Å²) in [6.07, 6.45) is 5.52. The van der Waals surface area contributed by atoms with Crippen molar-refractivity contribution in [1.82, 2.24) is 5.32 Å². The van der Waals surface area contributed by atoms with E-state index in [4.69, 9.17) is 4.74 Å². The number of carbonyl (C=O) groups excluding carboxylic acids is 3. The van der Waals surface area contributed by atoms with E-state index in [0.29, 0.717) is 29.8 Å². The van der Waals surface area contributed by atoms with Gasteiger partial charge < -0.3 is 20.7 Å². The molecule has 1 fully saturated rings. The van der Waals surface area contributed by atoms with Gasteiger partial charge in [-0.1, -0.05) is 12.8 Å². The monoisotopic (exact) mass is 407 g/mol. The Morgan fingerprint density at radius 1 is 1.03 bits per heavy atom. The lowest BCUT2D eigenvalue weighted by atomic mass is 10.0. The predicted octanol–water partition coefficient (Wildman–Crippen LogP) is 3.26. The molecule has 0 bridgehead atoms. The zero-order chi connectivity index (χ0) is 20.9. The zero-order valence-corrected chi connectivity index (χ0v) is 16.7. The van der Waals surface area contributed by atoms with Crippen molar-refractivity contribution in [2.45, 2.75) is 44.6 Å². The molecule has 1 heterocycles. The highest BCUT2D eigenvalue weighted by Gasteiger charge is 2.18. The second-order valence-corrected chi connectivity index (χ2v) is 7.74. The van der Waals surface area contributed by atoms with Gasteiger partial charge in [-0.05, 0) is 67.3 Å². The van der Waals surface area contributed by atoms with E-state index in [0.717, 1.165) is 24.1 Å². The van der Waals surface area contributed by atoms with Crippen molar-refractivity contribution in [3.05, 3.63) is 53.6 Å². The van der Waals surface area contributed by atoms with E-state index in [2.05, 4.69) is 16.0 Å². The highest BCUT2D eigenvalue weighted by atomic mass is 16.5. The first-order valence-electron chi connectivity index (χ1n) is 10.3. The predicted molar refractivity (Wildman–Crippen MR) is 114 cm³/mol. The van der Waals surface area contributed by atoms with Crippen LogP contribution >= 0.6 is 0 Å². The number of hydrogen-bond acceptors (Lipinski definition) is 4. The van der Waals surface area contributed by atoms with Crippen molar-refractivity contribution in [2.75, 3.05) is 17.2 Å². The van der Waals surface area contributed by atoms with Gasteiger partial charge in [-0.15, -0.1) is 0 Å². The fraction of sp³-hybridized carbons (Fsp3) is 0.348. The van der Waals surface area contributed by atoms with Crippen LogP contribution in [0.5, 0.6) is 5.75 Å². The summed E-state index contributed by atoms with van der Waals surface area (Å²) in [6, 6.07) is 12.5. The van der Waals surface area contributed by atoms with Crippen LogP contribution in [0.4, 0.5) is 11.4 Å². The quantitative estimate of drug-likeness (QED) is 0.685. The van der Waals surface area contributed by atoms with Gasteiger partial charge in [-0.3, -0.25) is 14.4 Å². The molecule has 3 amide bonds. The summed E-state index contributed by atoms with van der Waals surface area (Å²) in [5.41, 5.74) is 2.98. The van der Waals surface area contributed by atoms with Gasteiger partial charge in [0.2, 0.25) is 5.91 Å². The Bertz CT molecular complexity index is 949. The maximum absolute atomic E-state index is 12.3. The van der Waals surface area contributed by atoms with E-state index >= 15 is 0 Å². The van der Waals surface area contributed by atoms with E-state index in [1.807, 2.05) is 6.07 Å². The lowest BCUT2D eigenvalue weighted by molar-refractivity contribution is -0.118. The van der Waals surface area contributed by atoms with Crippen molar-refractivity contribution >= 4 is 29.1 Å². The van der Waals surface area contributed by atoms with Gasteiger partial charge >= 0.3 is 0 Å². The molecule has 0 saturated heterocycles. The summed E-state index contributed by atoms with van der Waals surface area (Å²) >= 11 is 0. The van der Waals surface area contributed by atoms with Crippen molar-refractivity contribution in [2.24, 2.45) is 0 Å². The van der Waals surface area contributed by atoms with Crippen LogP contribution in [-0.2, 0) is 16.0 Å². The molecule has 156 valence electrons. The molecule has 0 atom stereocenters. The van der Waals surface area contributed by atoms with Gasteiger partial charge in [-0.25, -0.2) is 0 Å². The second kappa shape index (κ2) is 8.98. The number of benzene rings is 2. The average Bonchev–Trinajstić information content (AvgIpc) is 3.25. The fourth-order valence-corrected chi connectivity index (χ4v) is 3.84. The Kier molecular flexibility index (Phi) is 5.97. The standard InChI is InChI=1S/C23H25N3O4/c27-21-12-7-16-13-19(10-11-20(16)26-21)30-14-22(28)24-18-8-5-15(6-9-18)23(29)25-17-3-1-2-4-17/h5-6,8-11,13,17H,1-4,7,12,14H2,(H,24,28)(H,25,29)(H,26,27). The number of fused-ring (bicyclic) bond motifs is 1. The molecule has 2 aromatic rings. The molecule has 3 N–H and O–H groups in total. The number of carbonyl (C=O) groups is 3. The summed E-state index contributed by atoms with van der Waals surface area (Å²) in [6.45, 7) is -0.130. The van der Waals surface area contributed by atoms with Gasteiger partial charge in [-0.2, -0.15) is 0 Å². The number of amides is 3. The smallest absolute Gasteiger partial charge is 0.262 e. The van der Waals surface area contributed by atoms with Crippen LogP contribution in [0.15, 0.2) is 42.5 Å². The Labute approximate surface area is 175 Å². The van der Waals surface area contributed by atoms with Gasteiger partial charge in [0.05, 0.1) is 0 Å². The Hall–Kier alpha value is -3.35. The number of hydrogen-bond donors (Lipinski definition) is 3. The van der Waals surface area contributed by atoms with Crippen LogP contribution in [0.1, 0.15) is 48.0 Å². The second-order valence-electron chi connectivity index (χ2n) is 7.74. The van der Waals surface area contributed by atoms with Gasteiger partial charge in [0.25, 0.3) is 11.8 Å². The van der Waals surface area contributed by atoms with Crippen LogP contribution in [0.25, 0.3) is 0 Å². The van der Waals surface area contributed by atoms with E-state index in [1.165, 1.54) is 12.8 Å². The maximum Gasteiger partial charge on any atom is 0.262 e. The minimum atomic E-state index is -0.288. The van der Waals surface area contributed by atoms with Crippen molar-refractivity contribution < 1.29 is 19.1 Å². The van der Waals surface area contributed by atoms with Crippen LogP contribution in [-0.4, -0.2) is 30.4 Å². The van der Waals surface area contributed by atoms with Crippen LogP contribution in [0.3, 0.4) is 0 Å². The average molecular weight is 407 g/mol. The number of aryl methyl sites for hydroxylation is 1. The summed E-state index contributed by atoms with van der Waals surface area (Å²) in [4.78, 5) is 35.9. The molecule has 4 rings (SSSR count). The SMILES string of the molecule is O=C(COc1ccc2c(c1)CCC(=O)N2)Nc1ccc(C(=O)NC2CCCC2)cc1. The van der Waals surface area contributed by atoms with Crippen LogP contribution < -0.4 is 20.7 Å². The van der Waals surface area contributed by atoms with Gasteiger partial charge in [0.1, 0.15) is 5.75 Å². The summed E-state index contributed by atoms with van der Waals surface area (Å²) < 4.78 is 5.58. The molecule has 0 aromatic heterocycles. The molecule has 30 heavy (non-hydrogen) atoms. The van der Waals surface area contributed by atoms with E-state index in [-0.39, 0.29) is 30.4 Å². The lowest BCUT2D eigenvalue weighted by Gasteiger charge is -2.17. The highest BCUT2D eigenvalue weighted by molar-refractivity contribution is 5.96. The first-order chi connectivity index (χ1) is 14.6. The molecule has 1 aliphatic heterocycles. The number of rotatable bonds is 6. The Morgan fingerprint density at radius 2 is 1.80 bits per heavy atom. The van der Waals surface area contributed by atoms with Gasteiger partial charge in [0, 0.05) is 29.4 Å². The fourth-order valence-electron chi connectivity index (χ4n) is 3.84. The largest absolute Gasteiger partial charge is 0.484 e.